The zero-order valence-electron chi connectivity index (χ0n) is 16.5. The maximum absolute atomic E-state index is 12.2. The summed E-state index contributed by atoms with van der Waals surface area (Å²) in [7, 11) is 0. The van der Waals surface area contributed by atoms with Crippen LogP contribution in [0.25, 0.3) is 0 Å². The molecule has 0 saturated heterocycles. The summed E-state index contributed by atoms with van der Waals surface area (Å²) in [6.45, 7) is 2.39. The Morgan fingerprint density at radius 3 is 2.07 bits per heavy atom. The fourth-order valence-corrected chi connectivity index (χ4v) is 5.19. The Kier molecular flexibility index (Phi) is 6.43. The van der Waals surface area contributed by atoms with Gasteiger partial charge in [-0.1, -0.05) is 38.3 Å². The number of rotatable bonds is 9. The van der Waals surface area contributed by atoms with Crippen LogP contribution in [0.2, 0.25) is 0 Å². The number of unbranched alkanes of at least 4 members (excludes halogenated alkanes) is 2. The van der Waals surface area contributed by atoms with Crippen molar-refractivity contribution >= 4 is 0 Å². The molecule has 152 valence electrons. The molecule has 3 aliphatic rings. The Bertz CT molecular complexity index is 566. The summed E-state index contributed by atoms with van der Waals surface area (Å²) < 4.78 is 42.0. The van der Waals surface area contributed by atoms with Gasteiger partial charge >= 0.3 is 6.18 Å². The van der Waals surface area contributed by atoms with E-state index in [1.54, 1.807) is 0 Å². The molecule has 0 aromatic heterocycles. The Labute approximate surface area is 161 Å². The van der Waals surface area contributed by atoms with Crippen LogP contribution in [0.4, 0.5) is 13.2 Å². The monoisotopic (exact) mass is 382 g/mol. The van der Waals surface area contributed by atoms with E-state index in [0.717, 1.165) is 0 Å². The summed E-state index contributed by atoms with van der Waals surface area (Å²) in [6, 6.07) is 8.17. The van der Waals surface area contributed by atoms with Crippen LogP contribution in [-0.2, 0) is 5.41 Å². The number of ether oxygens (including phenoxy) is 1. The standard InChI is InChI=1S/C23H33F3O/c1-2-3-4-10-21-12-15-22(16-13-21,17-14-21)19-6-8-20(9-7-19)27-18-5-11-23(24,25)26/h6-9H,2-5,10-18H2,1H3. The van der Waals surface area contributed by atoms with Gasteiger partial charge in [0.05, 0.1) is 6.61 Å². The third-order valence-corrected chi connectivity index (χ3v) is 7.05. The largest absolute Gasteiger partial charge is 0.494 e. The van der Waals surface area contributed by atoms with Crippen molar-refractivity contribution in [2.24, 2.45) is 5.41 Å². The summed E-state index contributed by atoms with van der Waals surface area (Å²) in [5.41, 5.74) is 2.33. The molecule has 4 heteroatoms. The molecule has 0 aliphatic heterocycles. The maximum Gasteiger partial charge on any atom is 0.389 e. The van der Waals surface area contributed by atoms with Gasteiger partial charge in [0.1, 0.15) is 5.75 Å². The van der Waals surface area contributed by atoms with E-state index in [0.29, 0.717) is 16.6 Å². The molecule has 1 nitrogen and oxygen atoms in total. The lowest BCUT2D eigenvalue weighted by molar-refractivity contribution is -0.136. The predicted octanol–water partition coefficient (Wildman–Crippen LogP) is 7.58. The normalized spacial score (nSPS) is 27.7. The molecular weight excluding hydrogens is 349 g/mol. The van der Waals surface area contributed by atoms with Crippen molar-refractivity contribution < 1.29 is 17.9 Å². The molecule has 0 unspecified atom stereocenters. The Morgan fingerprint density at radius 2 is 1.52 bits per heavy atom. The highest BCUT2D eigenvalue weighted by molar-refractivity contribution is 5.34. The van der Waals surface area contributed by atoms with E-state index in [4.69, 9.17) is 4.74 Å². The van der Waals surface area contributed by atoms with E-state index in [1.807, 2.05) is 12.1 Å². The van der Waals surface area contributed by atoms with E-state index < -0.39 is 12.6 Å². The third kappa shape index (κ3) is 5.20. The van der Waals surface area contributed by atoms with Crippen LogP contribution in [0, 0.1) is 5.41 Å². The average molecular weight is 383 g/mol. The van der Waals surface area contributed by atoms with E-state index in [-0.39, 0.29) is 13.0 Å². The molecule has 3 fully saturated rings. The lowest BCUT2D eigenvalue weighted by atomic mass is 9.51. The van der Waals surface area contributed by atoms with Gasteiger partial charge in [0, 0.05) is 6.42 Å². The molecule has 1 aromatic rings. The maximum atomic E-state index is 12.2. The van der Waals surface area contributed by atoms with Crippen LogP contribution in [-0.4, -0.2) is 12.8 Å². The number of halogens is 3. The lowest BCUT2D eigenvalue weighted by Gasteiger charge is -2.54. The van der Waals surface area contributed by atoms with Crippen molar-refractivity contribution in [3.63, 3.8) is 0 Å². The first-order valence-corrected chi connectivity index (χ1v) is 10.7. The molecule has 2 bridgehead atoms. The van der Waals surface area contributed by atoms with E-state index in [2.05, 4.69) is 19.1 Å². The number of fused-ring (bicyclic) bond motifs is 3. The Morgan fingerprint density at radius 1 is 0.889 bits per heavy atom. The molecule has 0 spiro atoms. The molecule has 1 aromatic carbocycles. The second kappa shape index (κ2) is 8.45. The van der Waals surface area contributed by atoms with Crippen LogP contribution in [0.1, 0.15) is 89.5 Å². The average Bonchev–Trinajstić information content (AvgIpc) is 2.67. The number of hydrogen-bond acceptors (Lipinski definition) is 1. The molecule has 27 heavy (non-hydrogen) atoms. The Hall–Kier alpha value is -1.19. The molecule has 3 aliphatic carbocycles. The van der Waals surface area contributed by atoms with Crippen LogP contribution in [0.15, 0.2) is 24.3 Å². The van der Waals surface area contributed by atoms with E-state index in [9.17, 15) is 13.2 Å². The number of benzene rings is 1. The molecule has 0 radical (unpaired) electrons. The molecule has 4 rings (SSSR count). The third-order valence-electron chi connectivity index (χ3n) is 7.05. The molecular formula is C23H33F3O. The Balaban J connectivity index is 1.51. The van der Waals surface area contributed by atoms with Gasteiger partial charge < -0.3 is 4.74 Å². The molecule has 3 saturated carbocycles. The number of alkyl halides is 3. The number of hydrogen-bond donors (Lipinski definition) is 0. The van der Waals surface area contributed by atoms with Crippen molar-refractivity contribution in [2.75, 3.05) is 6.61 Å². The summed E-state index contributed by atoms with van der Waals surface area (Å²) in [4.78, 5) is 0. The van der Waals surface area contributed by atoms with Crippen LogP contribution < -0.4 is 4.74 Å². The van der Waals surface area contributed by atoms with Gasteiger partial charge in [-0.25, -0.2) is 0 Å². The smallest absolute Gasteiger partial charge is 0.389 e. The van der Waals surface area contributed by atoms with Crippen molar-refractivity contribution in [1.82, 2.24) is 0 Å². The summed E-state index contributed by atoms with van der Waals surface area (Å²) in [5, 5.41) is 0. The molecule has 0 atom stereocenters. The van der Waals surface area contributed by atoms with Crippen LogP contribution >= 0.6 is 0 Å². The highest BCUT2D eigenvalue weighted by Gasteiger charge is 2.48. The SMILES string of the molecule is CCCCCC12CCC(c3ccc(OCCCC(F)(F)F)cc3)(CC1)CC2. The second-order valence-electron chi connectivity index (χ2n) is 8.83. The van der Waals surface area contributed by atoms with Crippen LogP contribution in [0.5, 0.6) is 5.75 Å². The minimum absolute atomic E-state index is 0.00923. The first-order valence-electron chi connectivity index (χ1n) is 10.7. The van der Waals surface area contributed by atoms with Crippen molar-refractivity contribution in [3.05, 3.63) is 29.8 Å². The topological polar surface area (TPSA) is 9.23 Å². The lowest BCUT2D eigenvalue weighted by Crippen LogP contribution is -2.44. The summed E-state index contributed by atoms with van der Waals surface area (Å²) in [5.74, 6) is 0.679. The fourth-order valence-electron chi connectivity index (χ4n) is 5.19. The van der Waals surface area contributed by atoms with Gasteiger partial charge in [-0.15, -0.1) is 0 Å². The van der Waals surface area contributed by atoms with Gasteiger partial charge in [-0.2, -0.15) is 13.2 Å². The first kappa shape index (κ1) is 20.5. The fraction of sp³-hybridized carbons (Fsp3) is 0.739. The predicted molar refractivity (Wildman–Crippen MR) is 103 cm³/mol. The first-order chi connectivity index (χ1) is 12.9. The van der Waals surface area contributed by atoms with Gasteiger partial charge in [-0.3, -0.25) is 0 Å². The van der Waals surface area contributed by atoms with Gasteiger partial charge in [0.25, 0.3) is 0 Å². The van der Waals surface area contributed by atoms with E-state index >= 15 is 0 Å². The molecule has 0 N–H and O–H groups in total. The van der Waals surface area contributed by atoms with Gasteiger partial charge in [0.2, 0.25) is 0 Å². The van der Waals surface area contributed by atoms with Gasteiger partial charge in [-0.05, 0) is 79.9 Å². The zero-order chi connectivity index (χ0) is 19.4. The molecule has 0 amide bonds. The summed E-state index contributed by atoms with van der Waals surface area (Å²) in [6.07, 6.45) is 8.48. The van der Waals surface area contributed by atoms with Crippen molar-refractivity contribution in [2.45, 2.75) is 95.6 Å². The minimum Gasteiger partial charge on any atom is -0.494 e. The van der Waals surface area contributed by atoms with E-state index in [1.165, 1.54) is 69.8 Å². The quantitative estimate of drug-likeness (QED) is 0.400. The van der Waals surface area contributed by atoms with Crippen molar-refractivity contribution in [3.8, 4) is 5.75 Å². The zero-order valence-corrected chi connectivity index (χ0v) is 16.5. The minimum atomic E-state index is -4.10. The van der Waals surface area contributed by atoms with Gasteiger partial charge in [0.15, 0.2) is 0 Å². The van der Waals surface area contributed by atoms with Crippen molar-refractivity contribution in [1.29, 1.82) is 0 Å². The summed E-state index contributed by atoms with van der Waals surface area (Å²) >= 11 is 0. The molecule has 0 heterocycles. The highest BCUT2D eigenvalue weighted by Crippen LogP contribution is 2.59. The second-order valence-corrected chi connectivity index (χ2v) is 8.83. The highest BCUT2D eigenvalue weighted by atomic mass is 19.4. The van der Waals surface area contributed by atoms with Crippen LogP contribution in [0.3, 0.4) is 0 Å².